The average molecular weight is 196 g/mol. The monoisotopic (exact) mass is 195 g/mol. The van der Waals surface area contributed by atoms with Gasteiger partial charge in [0.15, 0.2) is 0 Å². The normalized spacial score (nSPS) is 15.2. The first-order valence-corrected chi connectivity index (χ1v) is 4.57. The number of pyridine rings is 1. The van der Waals surface area contributed by atoms with Gasteiger partial charge in [0.1, 0.15) is 5.15 Å². The molecule has 1 aliphatic heterocycles. The van der Waals surface area contributed by atoms with E-state index in [0.29, 0.717) is 11.8 Å². The molecule has 0 aromatic carbocycles. The van der Waals surface area contributed by atoms with Crippen LogP contribution < -0.4 is 0 Å². The van der Waals surface area contributed by atoms with Gasteiger partial charge < -0.3 is 4.74 Å². The van der Waals surface area contributed by atoms with Crippen LogP contribution in [-0.2, 0) is 17.8 Å². The molecular weight excluding hydrogens is 186 g/mol. The quantitative estimate of drug-likeness (QED) is 0.643. The molecule has 0 radical (unpaired) electrons. The summed E-state index contributed by atoms with van der Waals surface area (Å²) in [5, 5.41) is 0.538. The van der Waals surface area contributed by atoms with Gasteiger partial charge in [-0.3, -0.25) is 0 Å². The molecule has 0 saturated heterocycles. The number of halogens is 1. The van der Waals surface area contributed by atoms with Crippen LogP contribution in [0.15, 0.2) is 12.6 Å². The molecule has 1 aromatic rings. The van der Waals surface area contributed by atoms with Crippen molar-refractivity contribution < 1.29 is 4.74 Å². The second-order valence-electron chi connectivity index (χ2n) is 2.97. The second-order valence-corrected chi connectivity index (χ2v) is 3.36. The van der Waals surface area contributed by atoms with Crippen LogP contribution in [0, 0.1) is 0 Å². The summed E-state index contributed by atoms with van der Waals surface area (Å²) >= 11 is 5.86. The molecule has 13 heavy (non-hydrogen) atoms. The van der Waals surface area contributed by atoms with E-state index in [-0.39, 0.29) is 0 Å². The van der Waals surface area contributed by atoms with Gasteiger partial charge in [-0.15, -0.1) is 0 Å². The van der Waals surface area contributed by atoms with Crippen LogP contribution in [0.4, 0.5) is 0 Å². The lowest BCUT2D eigenvalue weighted by Gasteiger charge is -2.18. The van der Waals surface area contributed by atoms with E-state index < -0.39 is 0 Å². The van der Waals surface area contributed by atoms with Crippen molar-refractivity contribution in [2.75, 3.05) is 6.61 Å². The first-order valence-electron chi connectivity index (χ1n) is 4.19. The first-order chi connectivity index (χ1) is 6.31. The minimum atomic E-state index is 0.538. The number of nitrogens with zero attached hydrogens (tertiary/aromatic N) is 1. The number of fused-ring (bicyclic) bond motifs is 1. The Hall–Kier alpha value is -0.860. The lowest BCUT2D eigenvalue weighted by Crippen LogP contribution is -2.12. The molecule has 2 heterocycles. The summed E-state index contributed by atoms with van der Waals surface area (Å²) in [7, 11) is 0. The smallest absolute Gasteiger partial charge is 0.130 e. The van der Waals surface area contributed by atoms with Crippen molar-refractivity contribution in [3.63, 3.8) is 0 Å². The zero-order valence-corrected chi connectivity index (χ0v) is 7.97. The third-order valence-electron chi connectivity index (χ3n) is 2.17. The molecule has 3 heteroatoms. The van der Waals surface area contributed by atoms with Gasteiger partial charge in [-0.05, 0) is 24.1 Å². The molecule has 0 saturated carbocycles. The molecule has 0 fully saturated rings. The van der Waals surface area contributed by atoms with Crippen LogP contribution in [0.25, 0.3) is 6.08 Å². The van der Waals surface area contributed by atoms with Gasteiger partial charge in [0.05, 0.1) is 18.9 Å². The average Bonchev–Trinajstić information content (AvgIpc) is 2.16. The van der Waals surface area contributed by atoms with Crippen LogP contribution in [-0.4, -0.2) is 11.6 Å². The topological polar surface area (TPSA) is 22.1 Å². The number of hydrogen-bond acceptors (Lipinski definition) is 2. The van der Waals surface area contributed by atoms with E-state index in [0.717, 1.165) is 24.3 Å². The fourth-order valence-electron chi connectivity index (χ4n) is 1.53. The Morgan fingerprint density at radius 2 is 2.46 bits per heavy atom. The van der Waals surface area contributed by atoms with Gasteiger partial charge >= 0.3 is 0 Å². The van der Waals surface area contributed by atoms with Crippen LogP contribution in [0.2, 0.25) is 5.15 Å². The highest BCUT2D eigenvalue weighted by Crippen LogP contribution is 2.23. The molecule has 0 amide bonds. The Balaban J connectivity index is 2.56. The standard InChI is InChI=1S/C10H10ClNO/c1-2-9-8-6-13-4-3-7(8)5-10(11)12-9/h2,5H,1,3-4,6H2. The molecule has 0 aliphatic carbocycles. The summed E-state index contributed by atoms with van der Waals surface area (Å²) in [6.07, 6.45) is 2.64. The van der Waals surface area contributed by atoms with Crippen molar-refractivity contribution >= 4 is 17.7 Å². The molecule has 0 bridgehead atoms. The summed E-state index contributed by atoms with van der Waals surface area (Å²) in [6, 6.07) is 1.91. The third kappa shape index (κ3) is 1.60. The molecule has 1 aromatic heterocycles. The fraction of sp³-hybridized carbons (Fsp3) is 0.300. The van der Waals surface area contributed by atoms with Gasteiger partial charge in [0, 0.05) is 5.56 Å². The van der Waals surface area contributed by atoms with Crippen molar-refractivity contribution in [2.45, 2.75) is 13.0 Å². The number of ether oxygens (including phenoxy) is 1. The zero-order chi connectivity index (χ0) is 9.26. The first kappa shape index (κ1) is 8.73. The molecule has 0 N–H and O–H groups in total. The maximum atomic E-state index is 5.86. The van der Waals surface area contributed by atoms with Gasteiger partial charge in [-0.25, -0.2) is 4.98 Å². The molecular formula is C10H10ClNO. The minimum Gasteiger partial charge on any atom is -0.376 e. The number of hydrogen-bond donors (Lipinski definition) is 0. The predicted molar refractivity (Wildman–Crippen MR) is 52.7 cm³/mol. The van der Waals surface area contributed by atoms with E-state index >= 15 is 0 Å². The largest absolute Gasteiger partial charge is 0.376 e. The van der Waals surface area contributed by atoms with Crippen molar-refractivity contribution in [1.82, 2.24) is 4.98 Å². The van der Waals surface area contributed by atoms with Crippen molar-refractivity contribution in [3.8, 4) is 0 Å². The molecule has 2 rings (SSSR count). The Labute approximate surface area is 82.2 Å². The molecule has 0 unspecified atom stereocenters. The van der Waals surface area contributed by atoms with Gasteiger partial charge in [-0.2, -0.15) is 0 Å². The lowest BCUT2D eigenvalue weighted by molar-refractivity contribution is 0.110. The Morgan fingerprint density at radius 1 is 1.62 bits per heavy atom. The van der Waals surface area contributed by atoms with Crippen molar-refractivity contribution in [1.29, 1.82) is 0 Å². The number of aromatic nitrogens is 1. The highest BCUT2D eigenvalue weighted by Gasteiger charge is 2.14. The summed E-state index contributed by atoms with van der Waals surface area (Å²) in [6.45, 7) is 5.10. The Morgan fingerprint density at radius 3 is 3.23 bits per heavy atom. The summed E-state index contributed by atoms with van der Waals surface area (Å²) in [5.41, 5.74) is 3.22. The highest BCUT2D eigenvalue weighted by atomic mass is 35.5. The Kier molecular flexibility index (Phi) is 2.34. The summed E-state index contributed by atoms with van der Waals surface area (Å²) in [4.78, 5) is 4.17. The minimum absolute atomic E-state index is 0.538. The lowest BCUT2D eigenvalue weighted by atomic mass is 10.0. The van der Waals surface area contributed by atoms with E-state index in [1.807, 2.05) is 6.07 Å². The van der Waals surface area contributed by atoms with Gasteiger partial charge in [0.2, 0.25) is 0 Å². The summed E-state index contributed by atoms with van der Waals surface area (Å²) < 4.78 is 5.35. The van der Waals surface area contributed by atoms with Crippen LogP contribution in [0.3, 0.4) is 0 Å². The molecule has 68 valence electrons. The van der Waals surface area contributed by atoms with Gasteiger partial charge in [0.25, 0.3) is 0 Å². The summed E-state index contributed by atoms with van der Waals surface area (Å²) in [5.74, 6) is 0. The van der Waals surface area contributed by atoms with E-state index in [4.69, 9.17) is 16.3 Å². The number of rotatable bonds is 1. The molecule has 0 atom stereocenters. The zero-order valence-electron chi connectivity index (χ0n) is 7.22. The molecule has 1 aliphatic rings. The fourth-order valence-corrected chi connectivity index (χ4v) is 1.75. The van der Waals surface area contributed by atoms with E-state index in [2.05, 4.69) is 11.6 Å². The van der Waals surface area contributed by atoms with E-state index in [1.54, 1.807) is 6.08 Å². The van der Waals surface area contributed by atoms with E-state index in [9.17, 15) is 0 Å². The third-order valence-corrected chi connectivity index (χ3v) is 2.37. The second kappa shape index (κ2) is 3.48. The maximum absolute atomic E-state index is 5.86. The Bertz CT molecular complexity index is 349. The maximum Gasteiger partial charge on any atom is 0.130 e. The highest BCUT2D eigenvalue weighted by molar-refractivity contribution is 6.29. The predicted octanol–water partition coefficient (Wildman–Crippen LogP) is 2.45. The van der Waals surface area contributed by atoms with E-state index in [1.165, 1.54) is 5.56 Å². The van der Waals surface area contributed by atoms with Crippen LogP contribution in [0.5, 0.6) is 0 Å². The SMILES string of the molecule is C=Cc1nc(Cl)cc2c1COCC2. The van der Waals surface area contributed by atoms with Crippen LogP contribution in [0.1, 0.15) is 16.8 Å². The molecule has 2 nitrogen and oxygen atoms in total. The van der Waals surface area contributed by atoms with Crippen molar-refractivity contribution in [2.24, 2.45) is 0 Å². The van der Waals surface area contributed by atoms with Crippen molar-refractivity contribution in [3.05, 3.63) is 34.6 Å². The van der Waals surface area contributed by atoms with Gasteiger partial charge in [-0.1, -0.05) is 18.2 Å². The van der Waals surface area contributed by atoms with Crippen LogP contribution >= 0.6 is 11.6 Å². The molecule has 0 spiro atoms.